The largest absolute Gasteiger partial charge is 0.493 e. The molecule has 1 aliphatic heterocycles. The first kappa shape index (κ1) is 17.3. The van der Waals surface area contributed by atoms with Gasteiger partial charge >= 0.3 is 0 Å². The number of hydrogen-bond donors (Lipinski definition) is 0. The van der Waals surface area contributed by atoms with Gasteiger partial charge in [0.15, 0.2) is 5.78 Å². The Balaban J connectivity index is 2.14. The maximum absolute atomic E-state index is 12.7. The Morgan fingerprint density at radius 1 is 1.36 bits per heavy atom. The summed E-state index contributed by atoms with van der Waals surface area (Å²) in [4.78, 5) is 14.9. The molecule has 1 aromatic carbocycles. The number of morpholine rings is 1. The molecule has 4 nitrogen and oxygen atoms in total. The van der Waals surface area contributed by atoms with E-state index in [-0.39, 0.29) is 5.78 Å². The molecule has 0 aliphatic carbocycles. The van der Waals surface area contributed by atoms with E-state index >= 15 is 0 Å². The number of hydrogen-bond acceptors (Lipinski definition) is 4. The molecule has 122 valence electrons. The molecule has 0 amide bonds. The van der Waals surface area contributed by atoms with Crippen LogP contribution in [-0.4, -0.2) is 50.1 Å². The molecular formula is C17H24ClNO3. The van der Waals surface area contributed by atoms with Crippen molar-refractivity contribution >= 4 is 17.4 Å². The number of Topliss-reactive ketones (excluding diaryl/α,β-unsaturated/α-hetero) is 1. The monoisotopic (exact) mass is 325 g/mol. The highest BCUT2D eigenvalue weighted by Crippen LogP contribution is 2.32. The molecular weight excluding hydrogens is 302 g/mol. The second kappa shape index (κ2) is 7.95. The molecule has 22 heavy (non-hydrogen) atoms. The molecule has 0 spiro atoms. The van der Waals surface area contributed by atoms with Gasteiger partial charge < -0.3 is 9.47 Å². The van der Waals surface area contributed by atoms with Crippen molar-refractivity contribution in [1.82, 2.24) is 4.90 Å². The molecule has 1 aliphatic rings. The number of aryl methyl sites for hydroxylation is 1. The van der Waals surface area contributed by atoms with Crippen molar-refractivity contribution in [3.8, 4) is 5.75 Å². The summed E-state index contributed by atoms with van der Waals surface area (Å²) in [5.74, 6) is 0.739. The van der Waals surface area contributed by atoms with Crippen LogP contribution < -0.4 is 4.74 Å². The van der Waals surface area contributed by atoms with Crippen LogP contribution >= 0.6 is 11.6 Å². The second-order valence-electron chi connectivity index (χ2n) is 5.57. The van der Waals surface area contributed by atoms with Gasteiger partial charge in [0.1, 0.15) is 5.75 Å². The van der Waals surface area contributed by atoms with Gasteiger partial charge in [-0.2, -0.15) is 0 Å². The van der Waals surface area contributed by atoms with Gasteiger partial charge in [0.25, 0.3) is 0 Å². The van der Waals surface area contributed by atoms with E-state index in [0.29, 0.717) is 29.4 Å². The number of rotatable bonds is 6. The molecule has 1 heterocycles. The maximum atomic E-state index is 12.7. The van der Waals surface area contributed by atoms with Crippen LogP contribution in [0.3, 0.4) is 0 Å². The van der Waals surface area contributed by atoms with Crippen molar-refractivity contribution in [3.05, 3.63) is 27.8 Å². The third kappa shape index (κ3) is 4.00. The summed E-state index contributed by atoms with van der Waals surface area (Å²) in [6.07, 6.45) is 0.473. The fourth-order valence-corrected chi connectivity index (χ4v) is 2.90. The van der Waals surface area contributed by atoms with E-state index in [4.69, 9.17) is 21.1 Å². The first-order chi connectivity index (χ1) is 10.5. The van der Waals surface area contributed by atoms with Crippen molar-refractivity contribution in [1.29, 1.82) is 0 Å². The van der Waals surface area contributed by atoms with Crippen LogP contribution in [0.1, 0.15) is 34.8 Å². The molecule has 0 unspecified atom stereocenters. The lowest BCUT2D eigenvalue weighted by molar-refractivity contribution is 0.0370. The third-order valence-electron chi connectivity index (χ3n) is 3.98. The van der Waals surface area contributed by atoms with Gasteiger partial charge in [0, 0.05) is 31.1 Å². The number of halogens is 1. The molecule has 5 heteroatoms. The number of carbonyl (C=O) groups is 1. The van der Waals surface area contributed by atoms with E-state index in [1.807, 2.05) is 26.8 Å². The minimum atomic E-state index is 0.0920. The lowest BCUT2D eigenvalue weighted by atomic mass is 9.98. The summed E-state index contributed by atoms with van der Waals surface area (Å²) < 4.78 is 11.0. The minimum absolute atomic E-state index is 0.0920. The molecule has 0 bridgehead atoms. The van der Waals surface area contributed by atoms with E-state index < -0.39 is 0 Å². The zero-order valence-corrected chi connectivity index (χ0v) is 14.3. The van der Waals surface area contributed by atoms with E-state index in [1.165, 1.54) is 0 Å². The summed E-state index contributed by atoms with van der Waals surface area (Å²) in [6, 6.07) is 1.86. The van der Waals surface area contributed by atoms with Crippen LogP contribution in [0.4, 0.5) is 0 Å². The number of nitrogens with zero attached hydrogens (tertiary/aromatic N) is 1. The van der Waals surface area contributed by atoms with Gasteiger partial charge in [0.05, 0.1) is 25.4 Å². The Kier molecular flexibility index (Phi) is 6.24. The molecule has 0 atom stereocenters. The van der Waals surface area contributed by atoms with Gasteiger partial charge in [-0.15, -0.1) is 0 Å². The van der Waals surface area contributed by atoms with Crippen LogP contribution in [0.5, 0.6) is 5.75 Å². The quantitative estimate of drug-likeness (QED) is 0.753. The average molecular weight is 326 g/mol. The Labute approximate surface area is 137 Å². The second-order valence-corrected chi connectivity index (χ2v) is 5.94. The lowest BCUT2D eigenvalue weighted by Crippen LogP contribution is -2.37. The van der Waals surface area contributed by atoms with Crippen LogP contribution in [0.2, 0.25) is 5.02 Å². The number of carbonyl (C=O) groups excluding carboxylic acids is 1. The summed E-state index contributed by atoms with van der Waals surface area (Å²) >= 11 is 6.31. The van der Waals surface area contributed by atoms with Crippen LogP contribution in [0.25, 0.3) is 0 Å². The molecule has 0 radical (unpaired) electrons. The average Bonchev–Trinajstić information content (AvgIpc) is 2.52. The highest BCUT2D eigenvalue weighted by atomic mass is 35.5. The number of ether oxygens (including phenoxy) is 2. The van der Waals surface area contributed by atoms with Gasteiger partial charge in [0.2, 0.25) is 0 Å². The van der Waals surface area contributed by atoms with Crippen LogP contribution in [-0.2, 0) is 4.74 Å². The predicted molar refractivity (Wildman–Crippen MR) is 88.3 cm³/mol. The summed E-state index contributed by atoms with van der Waals surface area (Å²) in [5, 5.41) is 0.651. The van der Waals surface area contributed by atoms with Crippen molar-refractivity contribution in [3.63, 3.8) is 0 Å². The maximum Gasteiger partial charge on any atom is 0.168 e. The van der Waals surface area contributed by atoms with Crippen molar-refractivity contribution in [2.24, 2.45) is 0 Å². The fraction of sp³-hybridized carbons (Fsp3) is 0.588. The van der Waals surface area contributed by atoms with Crippen molar-refractivity contribution in [2.75, 3.05) is 39.5 Å². The van der Waals surface area contributed by atoms with Crippen LogP contribution in [0.15, 0.2) is 6.07 Å². The smallest absolute Gasteiger partial charge is 0.168 e. The Hall–Kier alpha value is -1.10. The highest BCUT2D eigenvalue weighted by Gasteiger charge is 2.20. The summed E-state index contributed by atoms with van der Waals surface area (Å²) in [7, 11) is 0. The molecule has 1 saturated heterocycles. The molecule has 0 N–H and O–H groups in total. The standard InChI is InChI=1S/C17H24ClNO3/c1-4-22-15-11-12(2)17(18)13(3)16(15)14(20)5-6-19-7-9-21-10-8-19/h11H,4-10H2,1-3H3. The van der Waals surface area contributed by atoms with E-state index in [9.17, 15) is 4.79 Å². The Morgan fingerprint density at radius 3 is 2.68 bits per heavy atom. The van der Waals surface area contributed by atoms with Gasteiger partial charge in [-0.1, -0.05) is 11.6 Å². The van der Waals surface area contributed by atoms with Gasteiger partial charge in [-0.25, -0.2) is 0 Å². The zero-order valence-electron chi connectivity index (χ0n) is 13.6. The minimum Gasteiger partial charge on any atom is -0.493 e. The highest BCUT2D eigenvalue weighted by molar-refractivity contribution is 6.32. The van der Waals surface area contributed by atoms with Gasteiger partial charge in [-0.3, -0.25) is 9.69 Å². The van der Waals surface area contributed by atoms with E-state index in [1.54, 1.807) is 0 Å². The fourth-order valence-electron chi connectivity index (χ4n) is 2.75. The third-order valence-corrected chi connectivity index (χ3v) is 4.56. The first-order valence-corrected chi connectivity index (χ1v) is 8.18. The Morgan fingerprint density at radius 2 is 2.05 bits per heavy atom. The first-order valence-electron chi connectivity index (χ1n) is 7.80. The number of benzene rings is 1. The van der Waals surface area contributed by atoms with Crippen molar-refractivity contribution in [2.45, 2.75) is 27.2 Å². The lowest BCUT2D eigenvalue weighted by Gasteiger charge is -2.26. The predicted octanol–water partition coefficient (Wildman–Crippen LogP) is 3.26. The summed E-state index contributed by atoms with van der Waals surface area (Å²) in [5.41, 5.74) is 2.38. The number of ketones is 1. The van der Waals surface area contributed by atoms with E-state index in [2.05, 4.69) is 4.90 Å². The zero-order chi connectivity index (χ0) is 16.1. The molecule has 0 saturated carbocycles. The molecule has 0 aromatic heterocycles. The molecule has 2 rings (SSSR count). The topological polar surface area (TPSA) is 38.8 Å². The van der Waals surface area contributed by atoms with E-state index in [0.717, 1.165) is 44.0 Å². The van der Waals surface area contributed by atoms with Crippen LogP contribution in [0, 0.1) is 13.8 Å². The Bertz CT molecular complexity index is 539. The van der Waals surface area contributed by atoms with Gasteiger partial charge in [-0.05, 0) is 38.0 Å². The normalized spacial score (nSPS) is 15.8. The SMILES string of the molecule is CCOc1cc(C)c(Cl)c(C)c1C(=O)CCN1CCOCC1. The molecule has 1 aromatic rings. The summed E-state index contributed by atoms with van der Waals surface area (Å²) in [6.45, 7) is 10.3. The van der Waals surface area contributed by atoms with Crippen molar-refractivity contribution < 1.29 is 14.3 Å². The molecule has 1 fully saturated rings.